The Balaban J connectivity index is 1.82. The molecule has 1 heterocycles. The molecule has 0 aliphatic carbocycles. The summed E-state index contributed by atoms with van der Waals surface area (Å²) >= 11 is 0. The quantitative estimate of drug-likeness (QED) is 0.772. The van der Waals surface area contributed by atoms with Crippen molar-refractivity contribution in [3.8, 4) is 0 Å². The molecule has 1 atom stereocenters. The Morgan fingerprint density at radius 2 is 1.85 bits per heavy atom. The van der Waals surface area contributed by atoms with E-state index >= 15 is 0 Å². The van der Waals surface area contributed by atoms with E-state index < -0.39 is 10.0 Å². The lowest BCUT2D eigenvalue weighted by Crippen LogP contribution is -2.42. The molecule has 0 saturated carbocycles. The standard InChI is InChI=1S/C20H25N3O3S/c1-15-11-12-18(27(25,26)23-13-7-6-8-16(23)2)14-19(15)20(24)22-21-17-9-4-3-5-10-17/h3-5,9-12,14,16,21H,6-8,13H2,1-2H3,(H,22,24). The van der Waals surface area contributed by atoms with Gasteiger partial charge in [-0.3, -0.25) is 15.6 Å². The van der Waals surface area contributed by atoms with Crippen LogP contribution in [-0.2, 0) is 10.0 Å². The molecule has 27 heavy (non-hydrogen) atoms. The normalized spacial score (nSPS) is 18.1. The highest BCUT2D eigenvalue weighted by Gasteiger charge is 2.31. The minimum atomic E-state index is -3.62. The zero-order chi connectivity index (χ0) is 19.4. The molecule has 0 radical (unpaired) electrons. The molecule has 1 fully saturated rings. The molecule has 3 rings (SSSR count). The van der Waals surface area contributed by atoms with Gasteiger partial charge in [-0.25, -0.2) is 8.42 Å². The van der Waals surface area contributed by atoms with Crippen molar-refractivity contribution in [1.29, 1.82) is 0 Å². The highest BCUT2D eigenvalue weighted by atomic mass is 32.2. The molecule has 7 heteroatoms. The molecule has 0 spiro atoms. The van der Waals surface area contributed by atoms with Crippen molar-refractivity contribution in [2.24, 2.45) is 0 Å². The largest absolute Gasteiger partial charge is 0.298 e. The molecule has 0 bridgehead atoms. The average molecular weight is 388 g/mol. The predicted molar refractivity (Wildman–Crippen MR) is 106 cm³/mol. The summed E-state index contributed by atoms with van der Waals surface area (Å²) in [7, 11) is -3.62. The Morgan fingerprint density at radius 1 is 1.11 bits per heavy atom. The summed E-state index contributed by atoms with van der Waals surface area (Å²) < 4.78 is 27.6. The molecular weight excluding hydrogens is 362 g/mol. The van der Waals surface area contributed by atoms with E-state index in [1.807, 2.05) is 37.3 Å². The minimum absolute atomic E-state index is 0.0259. The molecule has 2 aromatic rings. The summed E-state index contributed by atoms with van der Waals surface area (Å²) in [6, 6.07) is 13.9. The van der Waals surface area contributed by atoms with Crippen LogP contribution in [0.5, 0.6) is 0 Å². The van der Waals surface area contributed by atoms with Gasteiger partial charge in [-0.05, 0) is 56.5 Å². The fraction of sp³-hybridized carbons (Fsp3) is 0.350. The van der Waals surface area contributed by atoms with Gasteiger partial charge in [0.25, 0.3) is 5.91 Å². The van der Waals surface area contributed by atoms with Gasteiger partial charge in [-0.1, -0.05) is 30.7 Å². The number of sulfonamides is 1. The van der Waals surface area contributed by atoms with Gasteiger partial charge in [0, 0.05) is 18.2 Å². The molecular formula is C20H25N3O3S. The van der Waals surface area contributed by atoms with E-state index in [0.717, 1.165) is 24.9 Å². The maximum absolute atomic E-state index is 13.0. The Morgan fingerprint density at radius 3 is 2.56 bits per heavy atom. The number of amides is 1. The number of para-hydroxylation sites is 1. The van der Waals surface area contributed by atoms with Crippen LogP contribution in [0.3, 0.4) is 0 Å². The van der Waals surface area contributed by atoms with Gasteiger partial charge in [0.2, 0.25) is 10.0 Å². The number of hydrazine groups is 1. The van der Waals surface area contributed by atoms with Crippen LogP contribution in [0.4, 0.5) is 5.69 Å². The van der Waals surface area contributed by atoms with Gasteiger partial charge in [-0.15, -0.1) is 0 Å². The molecule has 2 aromatic carbocycles. The van der Waals surface area contributed by atoms with Crippen molar-refractivity contribution in [1.82, 2.24) is 9.73 Å². The summed E-state index contributed by atoms with van der Waals surface area (Å²) in [5.41, 5.74) is 7.26. The molecule has 2 N–H and O–H groups in total. The average Bonchev–Trinajstić information content (AvgIpc) is 2.67. The van der Waals surface area contributed by atoms with E-state index in [-0.39, 0.29) is 16.8 Å². The smallest absolute Gasteiger partial charge is 0.269 e. The summed E-state index contributed by atoms with van der Waals surface area (Å²) in [4.78, 5) is 12.7. The number of hydrogen-bond donors (Lipinski definition) is 2. The van der Waals surface area contributed by atoms with Crippen LogP contribution >= 0.6 is 0 Å². The van der Waals surface area contributed by atoms with Gasteiger partial charge in [0.1, 0.15) is 0 Å². The van der Waals surface area contributed by atoms with Gasteiger partial charge < -0.3 is 0 Å². The molecule has 0 aromatic heterocycles. The minimum Gasteiger partial charge on any atom is -0.298 e. The zero-order valence-corrected chi connectivity index (χ0v) is 16.4. The summed E-state index contributed by atoms with van der Waals surface area (Å²) in [5.74, 6) is -0.375. The van der Waals surface area contributed by atoms with Gasteiger partial charge in [-0.2, -0.15) is 4.31 Å². The number of benzene rings is 2. The number of nitrogens with one attached hydrogen (secondary N) is 2. The second kappa shape index (κ2) is 8.10. The van der Waals surface area contributed by atoms with Gasteiger partial charge >= 0.3 is 0 Å². The summed E-state index contributed by atoms with van der Waals surface area (Å²) in [6.45, 7) is 4.24. The van der Waals surface area contributed by atoms with Crippen LogP contribution in [-0.4, -0.2) is 31.2 Å². The van der Waals surface area contributed by atoms with E-state index in [2.05, 4.69) is 10.9 Å². The fourth-order valence-corrected chi connectivity index (χ4v) is 5.01. The van der Waals surface area contributed by atoms with Crippen LogP contribution in [0.25, 0.3) is 0 Å². The zero-order valence-electron chi connectivity index (χ0n) is 15.6. The van der Waals surface area contributed by atoms with Crippen molar-refractivity contribution in [3.63, 3.8) is 0 Å². The third-order valence-corrected chi connectivity index (χ3v) is 6.91. The Kier molecular flexibility index (Phi) is 5.82. The third kappa shape index (κ3) is 4.31. The van der Waals surface area contributed by atoms with Crippen LogP contribution < -0.4 is 10.9 Å². The van der Waals surface area contributed by atoms with Crippen LogP contribution in [0.2, 0.25) is 0 Å². The van der Waals surface area contributed by atoms with Crippen molar-refractivity contribution in [3.05, 3.63) is 59.7 Å². The number of carbonyl (C=O) groups excluding carboxylic acids is 1. The maximum Gasteiger partial charge on any atom is 0.269 e. The van der Waals surface area contributed by atoms with Crippen molar-refractivity contribution < 1.29 is 13.2 Å². The molecule has 1 amide bonds. The number of hydrogen-bond acceptors (Lipinski definition) is 4. The fourth-order valence-electron chi connectivity index (χ4n) is 3.29. The first kappa shape index (κ1) is 19.4. The molecule has 144 valence electrons. The number of nitrogens with zero attached hydrogens (tertiary/aromatic N) is 1. The molecule has 1 saturated heterocycles. The van der Waals surface area contributed by atoms with Crippen molar-refractivity contribution in [2.75, 3.05) is 12.0 Å². The van der Waals surface area contributed by atoms with E-state index in [1.165, 1.54) is 6.07 Å². The summed E-state index contributed by atoms with van der Waals surface area (Å²) in [6.07, 6.45) is 2.77. The Hall–Kier alpha value is -2.38. The van der Waals surface area contributed by atoms with E-state index in [4.69, 9.17) is 0 Å². The molecule has 1 aliphatic heterocycles. The maximum atomic E-state index is 13.0. The Bertz CT molecular complexity index is 913. The molecule has 1 aliphatic rings. The highest BCUT2D eigenvalue weighted by Crippen LogP contribution is 2.26. The van der Waals surface area contributed by atoms with Crippen LogP contribution in [0, 0.1) is 6.92 Å². The van der Waals surface area contributed by atoms with Crippen molar-refractivity contribution in [2.45, 2.75) is 44.0 Å². The second-order valence-corrected chi connectivity index (χ2v) is 8.77. The highest BCUT2D eigenvalue weighted by molar-refractivity contribution is 7.89. The number of anilines is 1. The first-order chi connectivity index (χ1) is 12.9. The predicted octanol–water partition coefficient (Wildman–Crippen LogP) is 3.32. The van der Waals surface area contributed by atoms with Gasteiger partial charge in [0.05, 0.1) is 10.6 Å². The first-order valence-electron chi connectivity index (χ1n) is 9.13. The van der Waals surface area contributed by atoms with E-state index in [1.54, 1.807) is 23.4 Å². The van der Waals surface area contributed by atoms with Crippen molar-refractivity contribution >= 4 is 21.6 Å². The lowest BCUT2D eigenvalue weighted by atomic mass is 10.1. The summed E-state index contributed by atoms with van der Waals surface area (Å²) in [5, 5.41) is 0. The SMILES string of the molecule is Cc1ccc(S(=O)(=O)N2CCCCC2C)cc1C(=O)NNc1ccccc1. The Labute approximate surface area is 160 Å². The van der Waals surface area contributed by atoms with Crippen LogP contribution in [0.15, 0.2) is 53.4 Å². The monoisotopic (exact) mass is 387 g/mol. The second-order valence-electron chi connectivity index (χ2n) is 6.88. The van der Waals surface area contributed by atoms with E-state index in [0.29, 0.717) is 17.7 Å². The topological polar surface area (TPSA) is 78.5 Å². The molecule has 6 nitrogen and oxygen atoms in total. The lowest BCUT2D eigenvalue weighted by molar-refractivity contribution is 0.0962. The lowest BCUT2D eigenvalue weighted by Gasteiger charge is -2.32. The molecule has 1 unspecified atom stereocenters. The number of rotatable bonds is 5. The first-order valence-corrected chi connectivity index (χ1v) is 10.6. The number of aryl methyl sites for hydroxylation is 1. The third-order valence-electron chi connectivity index (χ3n) is 4.90. The van der Waals surface area contributed by atoms with Crippen LogP contribution in [0.1, 0.15) is 42.1 Å². The number of carbonyl (C=O) groups is 1. The number of piperidine rings is 1. The van der Waals surface area contributed by atoms with E-state index in [9.17, 15) is 13.2 Å². The van der Waals surface area contributed by atoms with Gasteiger partial charge in [0.15, 0.2) is 0 Å².